The summed E-state index contributed by atoms with van der Waals surface area (Å²) >= 11 is 0. The molecule has 0 saturated heterocycles. The molecule has 0 radical (unpaired) electrons. The molecule has 0 bridgehead atoms. The first-order valence-corrected chi connectivity index (χ1v) is 5.29. The summed E-state index contributed by atoms with van der Waals surface area (Å²) in [6, 6.07) is 0.198. The van der Waals surface area contributed by atoms with Crippen molar-refractivity contribution in [2.45, 2.75) is 58.5 Å². The number of hydrogen-bond donors (Lipinski definition) is 4. The van der Waals surface area contributed by atoms with E-state index in [9.17, 15) is 10.2 Å². The molecule has 4 nitrogen and oxygen atoms in total. The Morgan fingerprint density at radius 1 is 1.36 bits per heavy atom. The molecule has 0 aliphatic rings. The van der Waals surface area contributed by atoms with Crippen LogP contribution in [0.3, 0.4) is 0 Å². The molecule has 0 aromatic rings. The molecule has 4 N–H and O–H groups in total. The molecule has 0 aliphatic heterocycles. The highest BCUT2D eigenvalue weighted by atomic mass is 16.3. The van der Waals surface area contributed by atoms with Gasteiger partial charge in [0.15, 0.2) is 0 Å². The van der Waals surface area contributed by atoms with Gasteiger partial charge in [0, 0.05) is 12.5 Å². The van der Waals surface area contributed by atoms with Gasteiger partial charge in [-0.1, -0.05) is 6.92 Å². The van der Waals surface area contributed by atoms with E-state index in [0.29, 0.717) is 0 Å². The average Bonchev–Trinajstić information content (AvgIpc) is 1.96. The van der Waals surface area contributed by atoms with Crippen molar-refractivity contribution in [3.05, 3.63) is 0 Å². The Hall–Kier alpha value is -0.160. The standard InChI is InChI=1S/C10H24N2O2/c1-5-6-11-9(13)7-10(4,14)12-8(2)3/h8-9,11-14H,5-7H2,1-4H3. The normalized spacial score (nSPS) is 18.2. The van der Waals surface area contributed by atoms with Crippen LogP contribution < -0.4 is 10.6 Å². The smallest absolute Gasteiger partial charge is 0.117 e. The van der Waals surface area contributed by atoms with Crippen LogP contribution in [0, 0.1) is 0 Å². The lowest BCUT2D eigenvalue weighted by Crippen LogP contribution is -2.50. The Bertz CT molecular complexity index is 149. The molecule has 2 atom stereocenters. The quantitative estimate of drug-likeness (QED) is 0.453. The minimum absolute atomic E-state index is 0.198. The largest absolute Gasteiger partial charge is 0.378 e. The zero-order valence-corrected chi connectivity index (χ0v) is 9.67. The second-order valence-corrected chi connectivity index (χ2v) is 4.25. The third-order valence-electron chi connectivity index (χ3n) is 1.82. The maximum absolute atomic E-state index is 9.84. The summed E-state index contributed by atoms with van der Waals surface area (Å²) in [6.45, 7) is 8.38. The van der Waals surface area contributed by atoms with Crippen molar-refractivity contribution in [3.8, 4) is 0 Å². The molecule has 0 rings (SSSR count). The van der Waals surface area contributed by atoms with Gasteiger partial charge in [0.2, 0.25) is 0 Å². The lowest BCUT2D eigenvalue weighted by atomic mass is 10.1. The Morgan fingerprint density at radius 2 is 1.93 bits per heavy atom. The van der Waals surface area contributed by atoms with E-state index in [2.05, 4.69) is 10.6 Å². The van der Waals surface area contributed by atoms with Crippen LogP contribution in [0.4, 0.5) is 0 Å². The van der Waals surface area contributed by atoms with Crippen molar-refractivity contribution in [2.24, 2.45) is 0 Å². The van der Waals surface area contributed by atoms with E-state index in [0.717, 1.165) is 13.0 Å². The monoisotopic (exact) mass is 204 g/mol. The van der Waals surface area contributed by atoms with Crippen LogP contribution in [0.25, 0.3) is 0 Å². The van der Waals surface area contributed by atoms with E-state index < -0.39 is 12.0 Å². The maximum Gasteiger partial charge on any atom is 0.117 e. The van der Waals surface area contributed by atoms with Gasteiger partial charge in [-0.25, -0.2) is 0 Å². The molecule has 0 spiro atoms. The lowest BCUT2D eigenvalue weighted by Gasteiger charge is -2.29. The first-order chi connectivity index (χ1) is 6.37. The maximum atomic E-state index is 9.84. The third-order valence-corrected chi connectivity index (χ3v) is 1.82. The van der Waals surface area contributed by atoms with Gasteiger partial charge in [-0.15, -0.1) is 0 Å². The van der Waals surface area contributed by atoms with Crippen LogP contribution in [0.5, 0.6) is 0 Å². The van der Waals surface area contributed by atoms with E-state index in [1.165, 1.54) is 0 Å². The van der Waals surface area contributed by atoms with Crippen LogP contribution in [-0.2, 0) is 0 Å². The highest BCUT2D eigenvalue weighted by molar-refractivity contribution is 4.75. The first-order valence-electron chi connectivity index (χ1n) is 5.29. The fourth-order valence-electron chi connectivity index (χ4n) is 1.44. The predicted octanol–water partition coefficient (Wildman–Crippen LogP) is 0.401. The van der Waals surface area contributed by atoms with E-state index >= 15 is 0 Å². The topological polar surface area (TPSA) is 64.5 Å². The van der Waals surface area contributed by atoms with Gasteiger partial charge in [0.05, 0.1) is 0 Å². The molecule has 4 heteroatoms. The van der Waals surface area contributed by atoms with Gasteiger partial charge < -0.3 is 10.2 Å². The highest BCUT2D eigenvalue weighted by Crippen LogP contribution is 2.08. The van der Waals surface area contributed by atoms with Crippen molar-refractivity contribution in [1.29, 1.82) is 0 Å². The second kappa shape index (κ2) is 6.35. The summed E-state index contributed by atoms with van der Waals surface area (Å²) in [4.78, 5) is 0. The summed E-state index contributed by atoms with van der Waals surface area (Å²) in [7, 11) is 0. The molecule has 14 heavy (non-hydrogen) atoms. The molecule has 2 unspecified atom stereocenters. The Labute approximate surface area is 86.7 Å². The van der Waals surface area contributed by atoms with Crippen LogP contribution in [0.15, 0.2) is 0 Å². The minimum Gasteiger partial charge on any atom is -0.378 e. The lowest BCUT2D eigenvalue weighted by molar-refractivity contribution is -0.0365. The molecule has 0 aromatic carbocycles. The van der Waals surface area contributed by atoms with Gasteiger partial charge in [-0.05, 0) is 33.7 Å². The Balaban J connectivity index is 3.82. The molecule has 0 aromatic heterocycles. The molecule has 0 saturated carbocycles. The summed E-state index contributed by atoms with van der Waals surface area (Å²) in [5.41, 5.74) is -1.02. The molecular weight excluding hydrogens is 180 g/mol. The van der Waals surface area contributed by atoms with Gasteiger partial charge >= 0.3 is 0 Å². The summed E-state index contributed by atoms with van der Waals surface area (Å²) < 4.78 is 0. The minimum atomic E-state index is -1.02. The van der Waals surface area contributed by atoms with Gasteiger partial charge in [0.1, 0.15) is 12.0 Å². The van der Waals surface area contributed by atoms with E-state index in [1.54, 1.807) is 6.92 Å². The number of rotatable bonds is 7. The summed E-state index contributed by atoms with van der Waals surface area (Å²) in [6.07, 6.45) is 0.596. The van der Waals surface area contributed by atoms with Gasteiger partial charge in [0.25, 0.3) is 0 Å². The molecule has 0 aliphatic carbocycles. The van der Waals surface area contributed by atoms with Crippen molar-refractivity contribution >= 4 is 0 Å². The van der Waals surface area contributed by atoms with Crippen molar-refractivity contribution in [1.82, 2.24) is 10.6 Å². The number of aliphatic hydroxyl groups is 2. The van der Waals surface area contributed by atoms with Gasteiger partial charge in [-0.3, -0.25) is 10.6 Å². The Morgan fingerprint density at radius 3 is 2.36 bits per heavy atom. The fraction of sp³-hybridized carbons (Fsp3) is 1.00. The molecule has 0 heterocycles. The number of hydrogen-bond acceptors (Lipinski definition) is 4. The van der Waals surface area contributed by atoms with Crippen LogP contribution in [0.1, 0.15) is 40.5 Å². The van der Waals surface area contributed by atoms with Crippen LogP contribution >= 0.6 is 0 Å². The predicted molar refractivity (Wildman–Crippen MR) is 57.8 cm³/mol. The van der Waals surface area contributed by atoms with Crippen LogP contribution in [0.2, 0.25) is 0 Å². The van der Waals surface area contributed by atoms with Crippen molar-refractivity contribution < 1.29 is 10.2 Å². The van der Waals surface area contributed by atoms with E-state index in [-0.39, 0.29) is 12.5 Å². The molecular formula is C10H24N2O2. The van der Waals surface area contributed by atoms with Gasteiger partial charge in [-0.2, -0.15) is 0 Å². The van der Waals surface area contributed by atoms with Crippen molar-refractivity contribution in [3.63, 3.8) is 0 Å². The Kier molecular flexibility index (Phi) is 6.27. The van der Waals surface area contributed by atoms with E-state index in [1.807, 2.05) is 20.8 Å². The first kappa shape index (κ1) is 13.8. The SMILES string of the molecule is CCCNC(O)CC(C)(O)NC(C)C. The number of nitrogens with one attached hydrogen (secondary N) is 2. The zero-order chi connectivity index (χ0) is 11.2. The highest BCUT2D eigenvalue weighted by Gasteiger charge is 2.24. The molecule has 86 valence electrons. The molecule has 0 amide bonds. The van der Waals surface area contributed by atoms with Crippen molar-refractivity contribution in [2.75, 3.05) is 6.54 Å². The summed E-state index contributed by atoms with van der Waals surface area (Å²) in [5, 5.41) is 25.3. The third kappa shape index (κ3) is 7.26. The average molecular weight is 204 g/mol. The van der Waals surface area contributed by atoms with Crippen LogP contribution in [-0.4, -0.2) is 34.8 Å². The zero-order valence-electron chi connectivity index (χ0n) is 9.67. The fourth-order valence-corrected chi connectivity index (χ4v) is 1.44. The second-order valence-electron chi connectivity index (χ2n) is 4.25. The van der Waals surface area contributed by atoms with E-state index in [4.69, 9.17) is 0 Å². The summed E-state index contributed by atoms with van der Waals surface area (Å²) in [5.74, 6) is 0. The number of aliphatic hydroxyl groups excluding tert-OH is 1. The molecule has 0 fully saturated rings.